The Balaban J connectivity index is 2.49. The molecule has 0 N–H and O–H groups in total. The number of hydrogen-bond donors (Lipinski definition) is 0. The van der Waals surface area contributed by atoms with E-state index in [1.165, 1.54) is 6.92 Å². The molecule has 1 aliphatic carbocycles. The molecule has 0 aromatic rings. The lowest BCUT2D eigenvalue weighted by atomic mass is 9.89. The zero-order valence-corrected chi connectivity index (χ0v) is 9.27. The van der Waals surface area contributed by atoms with Gasteiger partial charge in [-0.05, 0) is 12.8 Å². The van der Waals surface area contributed by atoms with Crippen LogP contribution in [-0.4, -0.2) is 24.3 Å². The van der Waals surface area contributed by atoms with Crippen LogP contribution in [0, 0.1) is 0 Å². The minimum Gasteiger partial charge on any atom is -0.460 e. The van der Waals surface area contributed by atoms with Gasteiger partial charge in [0.2, 0.25) is 0 Å². The topological polar surface area (TPSA) is 38.7 Å². The van der Waals surface area contributed by atoms with E-state index in [2.05, 4.69) is 24.1 Å². The van der Waals surface area contributed by atoms with E-state index < -0.39 is 0 Å². The fourth-order valence-electron chi connectivity index (χ4n) is 1.48. The molecule has 1 rings (SSSR count). The van der Waals surface area contributed by atoms with E-state index in [1.54, 1.807) is 6.21 Å². The van der Waals surface area contributed by atoms with Gasteiger partial charge in [-0.1, -0.05) is 31.2 Å². The van der Waals surface area contributed by atoms with E-state index in [4.69, 9.17) is 4.74 Å². The summed E-state index contributed by atoms with van der Waals surface area (Å²) >= 11 is 0. The number of hydrogen-bond acceptors (Lipinski definition) is 3. The average Bonchev–Trinajstić information content (AvgIpc) is 2.26. The van der Waals surface area contributed by atoms with Crippen LogP contribution in [0.5, 0.6) is 0 Å². The molecule has 1 atom stereocenters. The monoisotopic (exact) mass is 207 g/mol. The average molecular weight is 207 g/mol. The fraction of sp³-hybridized carbons (Fsp3) is 0.500. The van der Waals surface area contributed by atoms with Gasteiger partial charge in [-0.2, -0.15) is 0 Å². The molecule has 0 fully saturated rings. The lowest BCUT2D eigenvalue weighted by Crippen LogP contribution is -2.23. The Morgan fingerprint density at radius 3 is 2.93 bits per heavy atom. The van der Waals surface area contributed by atoms with Gasteiger partial charge >= 0.3 is 5.97 Å². The van der Waals surface area contributed by atoms with Crippen LogP contribution >= 0.6 is 0 Å². The van der Waals surface area contributed by atoms with Crippen molar-refractivity contribution in [2.75, 3.05) is 6.61 Å². The highest BCUT2D eigenvalue weighted by Gasteiger charge is 2.22. The second-order valence-electron chi connectivity index (χ2n) is 3.56. The number of nitrogens with zero attached hydrogens (tertiary/aromatic N) is 1. The van der Waals surface area contributed by atoms with Gasteiger partial charge in [0, 0.05) is 13.1 Å². The largest absolute Gasteiger partial charge is 0.460 e. The number of ether oxygens (including phenoxy) is 1. The predicted octanol–water partition coefficient (Wildman–Crippen LogP) is 2.29. The summed E-state index contributed by atoms with van der Waals surface area (Å²) in [5.41, 5.74) is -0.130. The van der Waals surface area contributed by atoms with Gasteiger partial charge in [0.05, 0.1) is 5.54 Å². The summed E-state index contributed by atoms with van der Waals surface area (Å²) in [6, 6.07) is 0. The Labute approximate surface area is 90.5 Å². The second-order valence-corrected chi connectivity index (χ2v) is 3.56. The van der Waals surface area contributed by atoms with Crippen LogP contribution in [0.25, 0.3) is 0 Å². The van der Waals surface area contributed by atoms with E-state index >= 15 is 0 Å². The SMILES string of the molecule is CCC1(/N=C/COC(C)=O)C=CC=CC1. The van der Waals surface area contributed by atoms with Crippen molar-refractivity contribution in [2.45, 2.75) is 32.2 Å². The molecule has 0 amide bonds. The standard InChI is InChI=1S/C12H17NO2/c1-3-12(7-5-4-6-8-12)13-9-10-15-11(2)14/h4-7,9H,3,8,10H2,1-2H3/b13-9+. The zero-order valence-electron chi connectivity index (χ0n) is 9.27. The first kappa shape index (κ1) is 11.7. The van der Waals surface area contributed by atoms with Crippen molar-refractivity contribution < 1.29 is 9.53 Å². The zero-order chi connectivity index (χ0) is 11.1. The number of esters is 1. The maximum absolute atomic E-state index is 10.5. The molecule has 82 valence electrons. The quantitative estimate of drug-likeness (QED) is 0.524. The Kier molecular flexibility index (Phi) is 4.28. The summed E-state index contributed by atoms with van der Waals surface area (Å²) in [6.45, 7) is 3.76. The number of allylic oxidation sites excluding steroid dienone is 2. The molecule has 0 aromatic carbocycles. The summed E-state index contributed by atoms with van der Waals surface area (Å²) in [7, 11) is 0. The number of aliphatic imine (C=N–C) groups is 1. The Bertz CT molecular complexity index is 305. The molecule has 0 heterocycles. The first-order valence-corrected chi connectivity index (χ1v) is 5.20. The van der Waals surface area contributed by atoms with Gasteiger partial charge < -0.3 is 4.74 Å². The van der Waals surface area contributed by atoms with Gasteiger partial charge in [-0.25, -0.2) is 0 Å². The molecule has 0 saturated carbocycles. The summed E-state index contributed by atoms with van der Waals surface area (Å²) < 4.78 is 4.79. The van der Waals surface area contributed by atoms with Crippen LogP contribution in [0.3, 0.4) is 0 Å². The van der Waals surface area contributed by atoms with E-state index in [9.17, 15) is 4.79 Å². The third-order valence-electron chi connectivity index (χ3n) is 2.45. The normalized spacial score (nSPS) is 24.7. The third kappa shape index (κ3) is 3.70. The van der Waals surface area contributed by atoms with E-state index in [0.717, 1.165) is 12.8 Å². The number of carbonyl (C=O) groups is 1. The van der Waals surface area contributed by atoms with E-state index in [1.807, 2.05) is 12.2 Å². The van der Waals surface area contributed by atoms with Crippen molar-refractivity contribution >= 4 is 12.2 Å². The van der Waals surface area contributed by atoms with Crippen LogP contribution in [0.2, 0.25) is 0 Å². The Morgan fingerprint density at radius 2 is 2.40 bits per heavy atom. The van der Waals surface area contributed by atoms with Crippen LogP contribution in [0.4, 0.5) is 0 Å². The molecule has 1 aliphatic rings. The highest BCUT2D eigenvalue weighted by molar-refractivity contribution is 5.70. The minimum atomic E-state index is -0.272. The van der Waals surface area contributed by atoms with Crippen LogP contribution < -0.4 is 0 Å². The van der Waals surface area contributed by atoms with Crippen molar-refractivity contribution in [2.24, 2.45) is 4.99 Å². The van der Waals surface area contributed by atoms with Crippen LogP contribution in [-0.2, 0) is 9.53 Å². The van der Waals surface area contributed by atoms with Crippen molar-refractivity contribution in [3.05, 3.63) is 24.3 Å². The second kappa shape index (κ2) is 5.49. The van der Waals surface area contributed by atoms with Crippen molar-refractivity contribution in [1.82, 2.24) is 0 Å². The van der Waals surface area contributed by atoms with Crippen molar-refractivity contribution in [3.63, 3.8) is 0 Å². The van der Waals surface area contributed by atoms with Gasteiger partial charge in [-0.15, -0.1) is 0 Å². The lowest BCUT2D eigenvalue weighted by Gasteiger charge is -2.25. The molecule has 3 nitrogen and oxygen atoms in total. The van der Waals surface area contributed by atoms with Gasteiger partial charge in [0.1, 0.15) is 6.61 Å². The van der Waals surface area contributed by atoms with Crippen LogP contribution in [0.1, 0.15) is 26.7 Å². The van der Waals surface area contributed by atoms with Crippen molar-refractivity contribution in [3.8, 4) is 0 Å². The third-order valence-corrected chi connectivity index (χ3v) is 2.45. The summed E-state index contributed by atoms with van der Waals surface area (Å²) in [6.07, 6.45) is 11.8. The van der Waals surface area contributed by atoms with E-state index in [0.29, 0.717) is 0 Å². The molecule has 0 spiro atoms. The molecule has 0 aromatic heterocycles. The maximum atomic E-state index is 10.5. The molecule has 0 radical (unpaired) electrons. The van der Waals surface area contributed by atoms with Crippen LogP contribution in [0.15, 0.2) is 29.3 Å². The van der Waals surface area contributed by atoms with Gasteiger partial charge in [-0.3, -0.25) is 9.79 Å². The number of rotatable bonds is 4. The molecular weight excluding hydrogens is 190 g/mol. The molecule has 3 heteroatoms. The first-order chi connectivity index (χ1) is 7.18. The maximum Gasteiger partial charge on any atom is 0.302 e. The molecule has 15 heavy (non-hydrogen) atoms. The predicted molar refractivity (Wildman–Crippen MR) is 61.0 cm³/mol. The molecule has 0 aliphatic heterocycles. The smallest absolute Gasteiger partial charge is 0.302 e. The summed E-state index contributed by atoms with van der Waals surface area (Å²) in [4.78, 5) is 15.0. The highest BCUT2D eigenvalue weighted by atomic mass is 16.5. The first-order valence-electron chi connectivity index (χ1n) is 5.20. The van der Waals surface area contributed by atoms with Gasteiger partial charge in [0.15, 0.2) is 0 Å². The Morgan fingerprint density at radius 1 is 1.60 bits per heavy atom. The summed E-state index contributed by atoms with van der Waals surface area (Å²) in [5, 5.41) is 0. The minimum absolute atomic E-state index is 0.130. The fourth-order valence-corrected chi connectivity index (χ4v) is 1.48. The molecule has 0 saturated heterocycles. The summed E-state index contributed by atoms with van der Waals surface area (Å²) in [5.74, 6) is -0.272. The molecular formula is C12H17NO2. The highest BCUT2D eigenvalue weighted by Crippen LogP contribution is 2.25. The molecule has 0 bridgehead atoms. The lowest BCUT2D eigenvalue weighted by molar-refractivity contribution is -0.139. The van der Waals surface area contributed by atoms with E-state index in [-0.39, 0.29) is 18.1 Å². The molecule has 1 unspecified atom stereocenters. The van der Waals surface area contributed by atoms with Gasteiger partial charge in [0.25, 0.3) is 0 Å². The van der Waals surface area contributed by atoms with Crippen molar-refractivity contribution in [1.29, 1.82) is 0 Å². The Hall–Kier alpha value is -1.38. The number of carbonyl (C=O) groups excluding carboxylic acids is 1.